The summed E-state index contributed by atoms with van der Waals surface area (Å²) in [6.07, 6.45) is 0. The number of carbonyl (C=O) groups is 1. The third kappa shape index (κ3) is 2.80. The van der Waals surface area contributed by atoms with Crippen LogP contribution in [0.3, 0.4) is 0 Å². The lowest BCUT2D eigenvalue weighted by molar-refractivity contribution is 0.117. The fourth-order valence-corrected chi connectivity index (χ4v) is 3.61. The predicted molar refractivity (Wildman–Crippen MR) is 77.5 cm³/mol. The normalized spacial score (nSPS) is 22.1. The first-order valence-electron chi connectivity index (χ1n) is 6.71. The SMILES string of the molecule is O=C1NCC2CN(Cc3ccc(C#CCO)s3)CCN12. The van der Waals surface area contributed by atoms with Crippen LogP contribution in [0.25, 0.3) is 0 Å². The van der Waals surface area contributed by atoms with E-state index in [9.17, 15) is 4.79 Å². The average molecular weight is 291 g/mol. The maximum absolute atomic E-state index is 11.5. The molecule has 1 unspecified atom stereocenters. The maximum atomic E-state index is 11.5. The van der Waals surface area contributed by atoms with Crippen LogP contribution in [0.5, 0.6) is 0 Å². The molecule has 2 aliphatic heterocycles. The number of carbonyl (C=O) groups excluding carboxylic acids is 1. The van der Waals surface area contributed by atoms with Crippen LogP contribution in [0.1, 0.15) is 9.75 Å². The molecule has 106 valence electrons. The van der Waals surface area contributed by atoms with Crippen molar-refractivity contribution in [3.8, 4) is 11.8 Å². The molecule has 0 bridgehead atoms. The van der Waals surface area contributed by atoms with Crippen molar-refractivity contribution >= 4 is 17.4 Å². The van der Waals surface area contributed by atoms with Gasteiger partial charge in [-0.15, -0.1) is 11.3 Å². The van der Waals surface area contributed by atoms with E-state index in [1.54, 1.807) is 11.3 Å². The molecule has 0 saturated carbocycles. The van der Waals surface area contributed by atoms with Gasteiger partial charge >= 0.3 is 6.03 Å². The molecule has 3 rings (SSSR count). The van der Waals surface area contributed by atoms with E-state index in [0.717, 1.165) is 37.6 Å². The molecule has 1 aromatic rings. The second-order valence-corrected chi connectivity index (χ2v) is 6.16. The fourth-order valence-electron chi connectivity index (χ4n) is 2.69. The standard InChI is InChI=1S/C14H17N3O2S/c18-7-1-2-12-3-4-13(20-12)10-16-5-6-17-11(9-16)8-15-14(17)19/h3-4,11,18H,5-10H2,(H,15,19). The highest BCUT2D eigenvalue weighted by atomic mass is 32.1. The van der Waals surface area contributed by atoms with E-state index in [0.29, 0.717) is 6.04 Å². The number of fused-ring (bicyclic) bond motifs is 1. The summed E-state index contributed by atoms with van der Waals surface area (Å²) in [5, 5.41) is 11.6. The van der Waals surface area contributed by atoms with Crippen LogP contribution in [-0.4, -0.2) is 59.8 Å². The smallest absolute Gasteiger partial charge is 0.317 e. The second-order valence-electron chi connectivity index (χ2n) is 4.99. The van der Waals surface area contributed by atoms with E-state index in [4.69, 9.17) is 5.11 Å². The van der Waals surface area contributed by atoms with E-state index in [1.165, 1.54) is 4.88 Å². The molecule has 1 aromatic heterocycles. The van der Waals surface area contributed by atoms with Crippen molar-refractivity contribution in [2.24, 2.45) is 0 Å². The Bertz CT molecular complexity index is 560. The van der Waals surface area contributed by atoms with Crippen LogP contribution in [0.2, 0.25) is 0 Å². The van der Waals surface area contributed by atoms with Crippen LogP contribution in [0.15, 0.2) is 12.1 Å². The lowest BCUT2D eigenvalue weighted by Gasteiger charge is -2.36. The lowest BCUT2D eigenvalue weighted by Crippen LogP contribution is -2.51. The quantitative estimate of drug-likeness (QED) is 0.771. The summed E-state index contributed by atoms with van der Waals surface area (Å²) >= 11 is 1.67. The van der Waals surface area contributed by atoms with Crippen molar-refractivity contribution in [1.82, 2.24) is 15.1 Å². The van der Waals surface area contributed by atoms with E-state index in [2.05, 4.69) is 28.1 Å². The van der Waals surface area contributed by atoms with Gasteiger partial charge in [0.05, 0.1) is 10.9 Å². The monoisotopic (exact) mass is 291 g/mol. The van der Waals surface area contributed by atoms with Gasteiger partial charge in [0.25, 0.3) is 0 Å². The Balaban J connectivity index is 1.59. The highest BCUT2D eigenvalue weighted by Crippen LogP contribution is 2.20. The number of urea groups is 1. The van der Waals surface area contributed by atoms with Gasteiger partial charge in [-0.05, 0) is 12.1 Å². The Morgan fingerprint density at radius 3 is 3.20 bits per heavy atom. The Labute approximate surface area is 122 Å². The molecule has 2 N–H and O–H groups in total. The van der Waals surface area contributed by atoms with Crippen molar-refractivity contribution < 1.29 is 9.90 Å². The highest BCUT2D eigenvalue weighted by Gasteiger charge is 2.35. The van der Waals surface area contributed by atoms with E-state index >= 15 is 0 Å². The number of rotatable bonds is 2. The summed E-state index contributed by atoms with van der Waals surface area (Å²) in [6.45, 7) is 4.21. The third-order valence-corrected chi connectivity index (χ3v) is 4.63. The molecule has 20 heavy (non-hydrogen) atoms. The molecular weight excluding hydrogens is 274 g/mol. The number of aliphatic hydroxyl groups is 1. The molecule has 2 saturated heterocycles. The average Bonchev–Trinajstić information content (AvgIpc) is 3.04. The molecule has 0 radical (unpaired) electrons. The molecule has 2 amide bonds. The number of amides is 2. The molecular formula is C14H17N3O2S. The minimum atomic E-state index is -0.0993. The Kier molecular flexibility index (Phi) is 3.92. The number of hydrogen-bond donors (Lipinski definition) is 2. The van der Waals surface area contributed by atoms with Crippen molar-refractivity contribution in [2.75, 3.05) is 32.8 Å². The van der Waals surface area contributed by atoms with Gasteiger partial charge in [0.15, 0.2) is 0 Å². The summed E-state index contributed by atoms with van der Waals surface area (Å²) in [7, 11) is 0. The molecule has 6 heteroatoms. The molecule has 5 nitrogen and oxygen atoms in total. The van der Waals surface area contributed by atoms with Gasteiger partial charge in [-0.2, -0.15) is 0 Å². The number of nitrogens with zero attached hydrogens (tertiary/aromatic N) is 2. The van der Waals surface area contributed by atoms with E-state index in [1.807, 2.05) is 11.0 Å². The van der Waals surface area contributed by atoms with Crippen LogP contribution >= 0.6 is 11.3 Å². The molecule has 0 aromatic carbocycles. The number of piperazine rings is 1. The van der Waals surface area contributed by atoms with E-state index < -0.39 is 0 Å². The first kappa shape index (κ1) is 13.4. The lowest BCUT2D eigenvalue weighted by atomic mass is 10.2. The number of aliphatic hydroxyl groups excluding tert-OH is 1. The van der Waals surface area contributed by atoms with E-state index in [-0.39, 0.29) is 12.6 Å². The van der Waals surface area contributed by atoms with Crippen molar-refractivity contribution in [1.29, 1.82) is 0 Å². The number of hydrogen-bond acceptors (Lipinski definition) is 4. The van der Waals surface area contributed by atoms with Gasteiger partial charge in [-0.25, -0.2) is 4.79 Å². The molecule has 0 aliphatic carbocycles. The topological polar surface area (TPSA) is 55.8 Å². The molecule has 3 heterocycles. The number of thiophene rings is 1. The van der Waals surface area contributed by atoms with Crippen LogP contribution in [0.4, 0.5) is 4.79 Å². The predicted octanol–water partition coefficient (Wildman–Crippen LogP) is 0.301. The number of nitrogens with one attached hydrogen (secondary N) is 1. The Morgan fingerprint density at radius 1 is 1.45 bits per heavy atom. The Morgan fingerprint density at radius 2 is 2.35 bits per heavy atom. The van der Waals surface area contributed by atoms with Gasteiger partial charge < -0.3 is 15.3 Å². The van der Waals surface area contributed by atoms with Crippen LogP contribution in [-0.2, 0) is 6.54 Å². The Hall–Kier alpha value is -1.55. The molecule has 2 fully saturated rings. The summed E-state index contributed by atoms with van der Waals surface area (Å²) in [4.78, 5) is 18.1. The van der Waals surface area contributed by atoms with Crippen LogP contribution in [0, 0.1) is 11.8 Å². The molecule has 1 atom stereocenters. The van der Waals surface area contributed by atoms with Gasteiger partial charge in [0, 0.05) is 37.6 Å². The molecule has 0 spiro atoms. The third-order valence-electron chi connectivity index (χ3n) is 3.65. The minimum absolute atomic E-state index is 0.0762. The van der Waals surface area contributed by atoms with Gasteiger partial charge in [0.1, 0.15) is 6.61 Å². The van der Waals surface area contributed by atoms with Crippen molar-refractivity contribution in [2.45, 2.75) is 12.6 Å². The largest absolute Gasteiger partial charge is 0.384 e. The first-order valence-corrected chi connectivity index (χ1v) is 7.53. The highest BCUT2D eigenvalue weighted by molar-refractivity contribution is 7.12. The summed E-state index contributed by atoms with van der Waals surface area (Å²) in [6, 6.07) is 4.48. The zero-order valence-corrected chi connectivity index (χ0v) is 11.9. The maximum Gasteiger partial charge on any atom is 0.317 e. The van der Waals surface area contributed by atoms with Crippen molar-refractivity contribution in [3.05, 3.63) is 21.9 Å². The summed E-state index contributed by atoms with van der Waals surface area (Å²) in [5.74, 6) is 5.60. The zero-order chi connectivity index (χ0) is 13.9. The summed E-state index contributed by atoms with van der Waals surface area (Å²) in [5.41, 5.74) is 0. The zero-order valence-electron chi connectivity index (χ0n) is 11.1. The van der Waals surface area contributed by atoms with Crippen molar-refractivity contribution in [3.63, 3.8) is 0 Å². The van der Waals surface area contributed by atoms with Gasteiger partial charge in [-0.1, -0.05) is 11.8 Å². The second kappa shape index (κ2) is 5.83. The van der Waals surface area contributed by atoms with Gasteiger partial charge in [-0.3, -0.25) is 4.90 Å². The fraction of sp³-hybridized carbons (Fsp3) is 0.500. The van der Waals surface area contributed by atoms with Crippen LogP contribution < -0.4 is 5.32 Å². The molecule has 2 aliphatic rings. The minimum Gasteiger partial charge on any atom is -0.384 e. The first-order chi connectivity index (χ1) is 9.76. The summed E-state index contributed by atoms with van der Waals surface area (Å²) < 4.78 is 0. The van der Waals surface area contributed by atoms with Gasteiger partial charge in [0.2, 0.25) is 0 Å².